The molecule has 39 heavy (non-hydrogen) atoms. The Hall–Kier alpha value is -3.05. The lowest BCUT2D eigenvalue weighted by molar-refractivity contribution is 0.0977. The number of piperidine rings is 2. The highest BCUT2D eigenvalue weighted by Crippen LogP contribution is 2.43. The van der Waals surface area contributed by atoms with Crippen LogP contribution in [0.3, 0.4) is 0 Å². The Labute approximate surface area is 228 Å². The SMILES string of the molecule is CS(=O)(=O)NC(=O)c1cc(N2CCC(N3CCCCC3)CC2)c2c(C3CCC3)nn(-c3ccc(F)cc3)c2n1. The molecule has 9 nitrogen and oxygen atoms in total. The number of hydrogen-bond acceptors (Lipinski definition) is 7. The maximum Gasteiger partial charge on any atom is 0.283 e. The summed E-state index contributed by atoms with van der Waals surface area (Å²) in [6, 6.07) is 8.31. The number of fused-ring (bicyclic) bond motifs is 1. The number of sulfonamides is 1. The summed E-state index contributed by atoms with van der Waals surface area (Å²) in [6.07, 6.45) is 10.0. The molecule has 3 aromatic rings. The molecule has 1 saturated carbocycles. The second kappa shape index (κ2) is 10.5. The molecular formula is C28H35FN6O3S. The first-order chi connectivity index (χ1) is 18.8. The van der Waals surface area contributed by atoms with E-state index in [0.717, 1.165) is 81.3 Å². The molecule has 11 heteroatoms. The molecule has 2 aliphatic heterocycles. The average molecular weight is 555 g/mol. The maximum atomic E-state index is 13.7. The number of anilines is 1. The minimum Gasteiger partial charge on any atom is -0.371 e. The number of aromatic nitrogens is 3. The third-order valence-electron chi connectivity index (χ3n) is 8.43. The summed E-state index contributed by atoms with van der Waals surface area (Å²) in [4.78, 5) is 22.6. The first-order valence-electron chi connectivity index (χ1n) is 14.0. The number of halogens is 1. The van der Waals surface area contributed by atoms with Crippen LogP contribution in [0.2, 0.25) is 0 Å². The molecule has 208 valence electrons. The molecule has 2 saturated heterocycles. The van der Waals surface area contributed by atoms with Crippen molar-refractivity contribution in [3.8, 4) is 5.69 Å². The fraction of sp³-hybridized carbons (Fsp3) is 0.536. The Morgan fingerprint density at radius 2 is 1.67 bits per heavy atom. The van der Waals surface area contributed by atoms with Gasteiger partial charge >= 0.3 is 0 Å². The normalized spacial score (nSPS) is 19.8. The number of carbonyl (C=O) groups excluding carboxylic acids is 1. The molecule has 0 radical (unpaired) electrons. The number of benzene rings is 1. The molecule has 1 aliphatic carbocycles. The van der Waals surface area contributed by atoms with Crippen molar-refractivity contribution < 1.29 is 17.6 Å². The second-order valence-electron chi connectivity index (χ2n) is 11.1. The van der Waals surface area contributed by atoms with Gasteiger partial charge in [-0.2, -0.15) is 5.10 Å². The summed E-state index contributed by atoms with van der Waals surface area (Å²) in [5.74, 6) is -0.842. The zero-order valence-electron chi connectivity index (χ0n) is 22.3. The van der Waals surface area contributed by atoms with E-state index < -0.39 is 15.9 Å². The van der Waals surface area contributed by atoms with E-state index in [9.17, 15) is 17.6 Å². The van der Waals surface area contributed by atoms with Crippen LogP contribution in [0.15, 0.2) is 30.3 Å². The van der Waals surface area contributed by atoms with Gasteiger partial charge in [0.15, 0.2) is 5.65 Å². The molecule has 0 spiro atoms. The summed E-state index contributed by atoms with van der Waals surface area (Å²) >= 11 is 0. The number of nitrogens with one attached hydrogen (secondary N) is 1. The number of rotatable bonds is 6. The van der Waals surface area contributed by atoms with Gasteiger partial charge in [-0.25, -0.2) is 27.2 Å². The van der Waals surface area contributed by atoms with E-state index in [0.29, 0.717) is 17.4 Å². The Bertz CT molecular complexity index is 1470. The summed E-state index contributed by atoms with van der Waals surface area (Å²) < 4.78 is 41.3. The van der Waals surface area contributed by atoms with E-state index >= 15 is 0 Å². The zero-order valence-corrected chi connectivity index (χ0v) is 23.1. The summed E-state index contributed by atoms with van der Waals surface area (Å²) in [7, 11) is -3.78. The number of amides is 1. The highest BCUT2D eigenvalue weighted by atomic mass is 32.2. The van der Waals surface area contributed by atoms with Gasteiger partial charge in [0.2, 0.25) is 10.0 Å². The third-order valence-corrected chi connectivity index (χ3v) is 8.99. The Kier molecular flexibility index (Phi) is 7.05. The molecule has 1 aromatic carbocycles. The Morgan fingerprint density at radius 1 is 0.974 bits per heavy atom. The molecule has 4 heterocycles. The van der Waals surface area contributed by atoms with E-state index in [-0.39, 0.29) is 17.4 Å². The molecule has 3 aliphatic rings. The Morgan fingerprint density at radius 3 is 2.28 bits per heavy atom. The van der Waals surface area contributed by atoms with Crippen LogP contribution >= 0.6 is 0 Å². The molecule has 6 rings (SSSR count). The van der Waals surface area contributed by atoms with E-state index in [1.54, 1.807) is 22.9 Å². The van der Waals surface area contributed by atoms with Crippen molar-refractivity contribution >= 4 is 32.7 Å². The fourth-order valence-corrected chi connectivity index (χ4v) is 6.64. The van der Waals surface area contributed by atoms with Gasteiger partial charge in [0, 0.05) is 25.0 Å². The Balaban J connectivity index is 1.45. The van der Waals surface area contributed by atoms with Gasteiger partial charge in [-0.1, -0.05) is 12.8 Å². The van der Waals surface area contributed by atoms with Crippen LogP contribution in [0.1, 0.15) is 73.5 Å². The predicted octanol–water partition coefficient (Wildman–Crippen LogP) is 3.97. The number of likely N-dealkylation sites (tertiary alicyclic amines) is 1. The molecule has 3 fully saturated rings. The van der Waals surface area contributed by atoms with Crippen LogP contribution in [0.5, 0.6) is 0 Å². The quantitative estimate of drug-likeness (QED) is 0.492. The number of hydrogen-bond donors (Lipinski definition) is 1. The highest BCUT2D eigenvalue weighted by molar-refractivity contribution is 7.89. The highest BCUT2D eigenvalue weighted by Gasteiger charge is 2.32. The van der Waals surface area contributed by atoms with Crippen molar-refractivity contribution in [3.05, 3.63) is 47.5 Å². The minimum absolute atomic E-state index is 0.0181. The predicted molar refractivity (Wildman–Crippen MR) is 148 cm³/mol. The van der Waals surface area contributed by atoms with Gasteiger partial charge in [-0.3, -0.25) is 4.79 Å². The van der Waals surface area contributed by atoms with Crippen molar-refractivity contribution in [1.29, 1.82) is 0 Å². The van der Waals surface area contributed by atoms with E-state index in [4.69, 9.17) is 5.10 Å². The van der Waals surface area contributed by atoms with Gasteiger partial charge in [-0.05, 0) is 81.9 Å². The molecule has 1 N–H and O–H groups in total. The van der Waals surface area contributed by atoms with E-state index in [1.807, 2.05) is 0 Å². The second-order valence-corrected chi connectivity index (χ2v) is 12.9. The van der Waals surface area contributed by atoms with Crippen LogP contribution in [-0.2, 0) is 10.0 Å². The number of pyridine rings is 1. The van der Waals surface area contributed by atoms with Crippen LogP contribution in [0.4, 0.5) is 10.1 Å². The van der Waals surface area contributed by atoms with Crippen molar-refractivity contribution in [1.82, 2.24) is 24.4 Å². The summed E-state index contributed by atoms with van der Waals surface area (Å²) in [5, 5.41) is 5.88. The van der Waals surface area contributed by atoms with Gasteiger partial charge in [-0.15, -0.1) is 0 Å². The standard InChI is InChI=1S/C28H35FN6O3S/c1-39(37,38)32-28(36)23-18-24(34-16-12-21(13-17-34)33-14-3-2-4-15-33)25-26(19-6-5-7-19)31-35(27(25)30-23)22-10-8-20(29)9-11-22/h8-11,18-19,21H,2-7,12-17H2,1H3,(H,32,36). The lowest BCUT2D eigenvalue weighted by Gasteiger charge is -2.41. The number of carbonyl (C=O) groups is 1. The zero-order chi connectivity index (χ0) is 27.1. The third kappa shape index (κ3) is 5.38. The monoisotopic (exact) mass is 554 g/mol. The van der Waals surface area contributed by atoms with Crippen molar-refractivity contribution in [2.24, 2.45) is 0 Å². The van der Waals surface area contributed by atoms with Crippen LogP contribution in [-0.4, -0.2) is 72.5 Å². The molecule has 0 unspecified atom stereocenters. The lowest BCUT2D eigenvalue weighted by Crippen LogP contribution is -2.46. The first-order valence-corrected chi connectivity index (χ1v) is 15.9. The van der Waals surface area contributed by atoms with Gasteiger partial charge in [0.05, 0.1) is 28.7 Å². The van der Waals surface area contributed by atoms with Gasteiger partial charge in [0.25, 0.3) is 5.91 Å². The molecule has 0 atom stereocenters. The molecule has 2 aromatic heterocycles. The summed E-state index contributed by atoms with van der Waals surface area (Å²) in [5.41, 5.74) is 2.94. The van der Waals surface area contributed by atoms with E-state index in [2.05, 4.69) is 19.5 Å². The number of nitrogens with zero attached hydrogens (tertiary/aromatic N) is 5. The van der Waals surface area contributed by atoms with Crippen molar-refractivity contribution in [3.63, 3.8) is 0 Å². The lowest BCUT2D eigenvalue weighted by atomic mass is 9.82. The van der Waals surface area contributed by atoms with Crippen LogP contribution in [0, 0.1) is 5.82 Å². The first kappa shape index (κ1) is 26.2. The summed E-state index contributed by atoms with van der Waals surface area (Å²) in [6.45, 7) is 3.99. The minimum atomic E-state index is -3.78. The maximum absolute atomic E-state index is 13.7. The van der Waals surface area contributed by atoms with Crippen molar-refractivity contribution in [2.45, 2.75) is 63.3 Å². The fourth-order valence-electron chi connectivity index (χ4n) is 6.19. The molecular weight excluding hydrogens is 519 g/mol. The topological polar surface area (TPSA) is 100 Å². The molecule has 0 bridgehead atoms. The smallest absolute Gasteiger partial charge is 0.283 e. The van der Waals surface area contributed by atoms with Gasteiger partial charge in [0.1, 0.15) is 11.5 Å². The van der Waals surface area contributed by atoms with Crippen LogP contribution < -0.4 is 9.62 Å². The van der Waals surface area contributed by atoms with Crippen LogP contribution in [0.25, 0.3) is 16.7 Å². The molecule has 1 amide bonds. The van der Waals surface area contributed by atoms with Gasteiger partial charge < -0.3 is 9.80 Å². The van der Waals surface area contributed by atoms with Crippen molar-refractivity contribution in [2.75, 3.05) is 37.3 Å². The average Bonchev–Trinajstić information content (AvgIpc) is 3.26. The van der Waals surface area contributed by atoms with E-state index in [1.165, 1.54) is 31.4 Å². The largest absolute Gasteiger partial charge is 0.371 e.